The Morgan fingerprint density at radius 2 is 2.05 bits per heavy atom. The fraction of sp³-hybridized carbons (Fsp3) is 0.125. The molecule has 0 aliphatic carbocycles. The summed E-state index contributed by atoms with van der Waals surface area (Å²) in [6, 6.07) is 15.0. The van der Waals surface area contributed by atoms with Crippen LogP contribution in [0.25, 0.3) is 10.1 Å². The zero-order chi connectivity index (χ0) is 14.7. The van der Waals surface area contributed by atoms with Crippen LogP contribution in [0.15, 0.2) is 58.8 Å². The number of nitrogens with two attached hydrogens (primary N) is 1. The third-order valence-corrected chi connectivity index (χ3v) is 5.37. The number of benzene rings is 2. The second kappa shape index (κ2) is 6.58. The smallest absolute Gasteiger partial charge is 0.124 e. The lowest BCUT2D eigenvalue weighted by Crippen LogP contribution is -2.29. The number of rotatable bonds is 5. The third-order valence-electron chi connectivity index (χ3n) is 3.30. The molecule has 0 saturated carbocycles. The van der Waals surface area contributed by atoms with Crippen molar-refractivity contribution < 1.29 is 4.39 Å². The largest absolute Gasteiger partial charge is 0.271 e. The molecule has 0 amide bonds. The Balaban J connectivity index is 1.80. The van der Waals surface area contributed by atoms with Gasteiger partial charge in [-0.1, -0.05) is 24.3 Å². The molecule has 3 rings (SSSR count). The van der Waals surface area contributed by atoms with Crippen molar-refractivity contribution in [3.8, 4) is 0 Å². The molecule has 0 spiro atoms. The molecular weight excluding hydrogens is 303 g/mol. The summed E-state index contributed by atoms with van der Waals surface area (Å²) in [5, 5.41) is 3.31. The van der Waals surface area contributed by atoms with E-state index in [1.54, 1.807) is 35.2 Å². The number of nitrogens with one attached hydrogen (secondary N) is 1. The predicted octanol–water partition coefficient (Wildman–Crippen LogP) is 4.34. The first-order chi connectivity index (χ1) is 10.3. The molecule has 2 aromatic carbocycles. The Hall–Kier alpha value is -1.40. The molecule has 0 bridgehead atoms. The van der Waals surface area contributed by atoms with Crippen LogP contribution < -0.4 is 11.3 Å². The zero-order valence-corrected chi connectivity index (χ0v) is 12.9. The van der Waals surface area contributed by atoms with Crippen molar-refractivity contribution in [2.75, 3.05) is 5.75 Å². The summed E-state index contributed by atoms with van der Waals surface area (Å²) in [4.78, 5) is 0.911. The Labute approximate surface area is 131 Å². The Morgan fingerprint density at radius 1 is 1.19 bits per heavy atom. The molecule has 0 radical (unpaired) electrons. The van der Waals surface area contributed by atoms with Crippen LogP contribution in [0.2, 0.25) is 0 Å². The summed E-state index contributed by atoms with van der Waals surface area (Å²) in [7, 11) is 0. The molecule has 0 aliphatic heterocycles. The molecule has 0 fully saturated rings. The van der Waals surface area contributed by atoms with Crippen LogP contribution in [-0.4, -0.2) is 5.75 Å². The number of halogens is 1. The second-order valence-corrected chi connectivity index (χ2v) is 6.68. The minimum Gasteiger partial charge on any atom is -0.271 e. The van der Waals surface area contributed by atoms with Gasteiger partial charge in [-0.25, -0.2) is 4.39 Å². The molecule has 21 heavy (non-hydrogen) atoms. The summed E-state index contributed by atoms with van der Waals surface area (Å²) in [6.45, 7) is 0. The predicted molar refractivity (Wildman–Crippen MR) is 89.0 cm³/mol. The van der Waals surface area contributed by atoms with Crippen molar-refractivity contribution in [3.05, 3.63) is 65.3 Å². The SMILES string of the molecule is NNC(CSc1cccc(F)c1)c1cccc2ccsc12. The lowest BCUT2D eigenvalue weighted by Gasteiger charge is -2.17. The van der Waals surface area contributed by atoms with Gasteiger partial charge in [-0.15, -0.1) is 23.1 Å². The van der Waals surface area contributed by atoms with Gasteiger partial charge in [0.15, 0.2) is 0 Å². The van der Waals surface area contributed by atoms with Gasteiger partial charge in [0.25, 0.3) is 0 Å². The minimum atomic E-state index is -0.211. The van der Waals surface area contributed by atoms with E-state index < -0.39 is 0 Å². The first-order valence-corrected chi connectivity index (χ1v) is 8.45. The molecule has 0 saturated heterocycles. The Kier molecular flexibility index (Phi) is 4.55. The van der Waals surface area contributed by atoms with Crippen LogP contribution in [-0.2, 0) is 0 Å². The highest BCUT2D eigenvalue weighted by Gasteiger charge is 2.14. The average Bonchev–Trinajstić information content (AvgIpc) is 2.97. The number of hydrazine groups is 1. The van der Waals surface area contributed by atoms with E-state index in [1.807, 2.05) is 12.1 Å². The quantitative estimate of drug-likeness (QED) is 0.417. The third kappa shape index (κ3) is 3.27. The monoisotopic (exact) mass is 318 g/mol. The van der Waals surface area contributed by atoms with E-state index in [-0.39, 0.29) is 11.9 Å². The van der Waals surface area contributed by atoms with E-state index in [4.69, 9.17) is 5.84 Å². The zero-order valence-electron chi connectivity index (χ0n) is 11.3. The second-order valence-electron chi connectivity index (χ2n) is 4.67. The van der Waals surface area contributed by atoms with E-state index in [2.05, 4.69) is 29.0 Å². The van der Waals surface area contributed by atoms with Crippen molar-refractivity contribution in [2.45, 2.75) is 10.9 Å². The number of hydrogen-bond donors (Lipinski definition) is 2. The average molecular weight is 318 g/mol. The minimum absolute atomic E-state index is 0.0283. The van der Waals surface area contributed by atoms with Gasteiger partial charge in [0, 0.05) is 15.3 Å². The van der Waals surface area contributed by atoms with Crippen molar-refractivity contribution in [3.63, 3.8) is 0 Å². The van der Waals surface area contributed by atoms with Gasteiger partial charge in [0.05, 0.1) is 6.04 Å². The number of hydrogen-bond acceptors (Lipinski definition) is 4. The number of fused-ring (bicyclic) bond motifs is 1. The van der Waals surface area contributed by atoms with Gasteiger partial charge in [0.2, 0.25) is 0 Å². The van der Waals surface area contributed by atoms with Crippen molar-refractivity contribution in [1.29, 1.82) is 0 Å². The van der Waals surface area contributed by atoms with E-state index in [1.165, 1.54) is 21.7 Å². The van der Waals surface area contributed by atoms with E-state index in [0.717, 1.165) is 10.6 Å². The van der Waals surface area contributed by atoms with Gasteiger partial charge in [0.1, 0.15) is 5.82 Å². The molecule has 0 aliphatic rings. The molecule has 1 heterocycles. The Bertz CT molecular complexity index is 742. The van der Waals surface area contributed by atoms with E-state index in [0.29, 0.717) is 0 Å². The highest BCUT2D eigenvalue weighted by Crippen LogP contribution is 2.32. The fourth-order valence-electron chi connectivity index (χ4n) is 2.25. The maximum atomic E-state index is 13.2. The molecule has 3 aromatic rings. The standard InChI is InChI=1S/C16H15FN2S2/c17-12-4-2-5-13(9-12)21-10-15(19-18)14-6-1-3-11-7-8-20-16(11)14/h1-9,15,19H,10,18H2. The summed E-state index contributed by atoms with van der Waals surface area (Å²) in [6.07, 6.45) is 0. The molecule has 5 heteroatoms. The first-order valence-electron chi connectivity index (χ1n) is 6.58. The number of thioether (sulfide) groups is 1. The lowest BCUT2D eigenvalue weighted by molar-refractivity contribution is 0.614. The summed E-state index contributed by atoms with van der Waals surface area (Å²) in [5.74, 6) is 6.26. The molecule has 1 atom stereocenters. The van der Waals surface area contributed by atoms with Gasteiger partial charge in [-0.2, -0.15) is 0 Å². The van der Waals surface area contributed by atoms with Crippen LogP contribution in [0.1, 0.15) is 11.6 Å². The summed E-state index contributed by atoms with van der Waals surface area (Å²) in [5.41, 5.74) is 4.07. The van der Waals surface area contributed by atoms with Crippen LogP contribution in [0.5, 0.6) is 0 Å². The van der Waals surface area contributed by atoms with E-state index in [9.17, 15) is 4.39 Å². The topological polar surface area (TPSA) is 38.0 Å². The summed E-state index contributed by atoms with van der Waals surface area (Å²) >= 11 is 3.31. The highest BCUT2D eigenvalue weighted by atomic mass is 32.2. The van der Waals surface area contributed by atoms with Crippen LogP contribution in [0.3, 0.4) is 0 Å². The van der Waals surface area contributed by atoms with Crippen LogP contribution >= 0.6 is 23.1 Å². The fourth-order valence-corrected chi connectivity index (χ4v) is 4.23. The molecule has 3 N–H and O–H groups in total. The maximum Gasteiger partial charge on any atom is 0.124 e. The molecule has 2 nitrogen and oxygen atoms in total. The Morgan fingerprint density at radius 3 is 2.86 bits per heavy atom. The van der Waals surface area contributed by atoms with Crippen molar-refractivity contribution >= 4 is 33.2 Å². The van der Waals surface area contributed by atoms with Crippen LogP contribution in [0.4, 0.5) is 4.39 Å². The number of thiophene rings is 1. The lowest BCUT2D eigenvalue weighted by atomic mass is 10.1. The normalized spacial score (nSPS) is 12.7. The van der Waals surface area contributed by atoms with Gasteiger partial charge in [-0.3, -0.25) is 11.3 Å². The van der Waals surface area contributed by atoms with E-state index >= 15 is 0 Å². The molecule has 1 aromatic heterocycles. The molecule has 108 valence electrons. The summed E-state index contributed by atoms with van der Waals surface area (Å²) < 4.78 is 14.5. The van der Waals surface area contributed by atoms with Gasteiger partial charge < -0.3 is 0 Å². The first kappa shape index (κ1) is 14.5. The van der Waals surface area contributed by atoms with Crippen LogP contribution in [0, 0.1) is 5.82 Å². The maximum absolute atomic E-state index is 13.2. The highest BCUT2D eigenvalue weighted by molar-refractivity contribution is 7.99. The van der Waals surface area contributed by atoms with Crippen molar-refractivity contribution in [1.82, 2.24) is 5.43 Å². The van der Waals surface area contributed by atoms with Gasteiger partial charge >= 0.3 is 0 Å². The van der Waals surface area contributed by atoms with Gasteiger partial charge in [-0.05, 0) is 40.6 Å². The molecule has 1 unspecified atom stereocenters. The van der Waals surface area contributed by atoms with Crippen molar-refractivity contribution in [2.24, 2.45) is 5.84 Å². The molecular formula is C16H15FN2S2.